The fraction of sp³-hybridized carbons (Fsp3) is 0.778. The van der Waals surface area contributed by atoms with Crippen LogP contribution in [0.15, 0.2) is 11.6 Å². The van der Waals surface area contributed by atoms with Gasteiger partial charge in [0.2, 0.25) is 0 Å². The van der Waals surface area contributed by atoms with Gasteiger partial charge in [-0.2, -0.15) is 0 Å². The zero-order valence-corrected chi connectivity index (χ0v) is 7.35. The summed E-state index contributed by atoms with van der Waals surface area (Å²) in [6, 6.07) is 0. The van der Waals surface area contributed by atoms with Gasteiger partial charge in [0.15, 0.2) is 0 Å². The van der Waals surface area contributed by atoms with Crippen LogP contribution in [0.4, 0.5) is 0 Å². The lowest BCUT2D eigenvalue weighted by atomic mass is 10.00. The Morgan fingerprint density at radius 1 is 1.50 bits per heavy atom. The number of rotatable bonds is 4. The van der Waals surface area contributed by atoms with Crippen LogP contribution in [-0.2, 0) is 0 Å². The fourth-order valence-corrected chi connectivity index (χ4v) is 1.06. The van der Waals surface area contributed by atoms with E-state index in [9.17, 15) is 0 Å². The third kappa shape index (κ3) is 3.67. The smallest absolute Gasteiger partial charge is 0.00425 e. The second-order valence-electron chi connectivity index (χ2n) is 2.86. The molecule has 1 heteroatoms. The van der Waals surface area contributed by atoms with Crippen molar-refractivity contribution in [1.29, 1.82) is 0 Å². The molecule has 0 heterocycles. The summed E-state index contributed by atoms with van der Waals surface area (Å²) < 4.78 is 0. The summed E-state index contributed by atoms with van der Waals surface area (Å²) in [7, 11) is 0. The van der Waals surface area contributed by atoms with E-state index in [0.717, 1.165) is 19.4 Å². The molecular formula is C9H19N. The lowest BCUT2D eigenvalue weighted by molar-refractivity contribution is 0.723. The minimum absolute atomic E-state index is 0.691. The zero-order valence-electron chi connectivity index (χ0n) is 7.35. The van der Waals surface area contributed by atoms with Crippen LogP contribution < -0.4 is 5.73 Å². The van der Waals surface area contributed by atoms with Crippen LogP contribution in [-0.4, -0.2) is 6.54 Å². The fourth-order valence-electron chi connectivity index (χ4n) is 1.06. The van der Waals surface area contributed by atoms with E-state index in [4.69, 9.17) is 5.73 Å². The Bertz CT molecular complexity index is 103. The van der Waals surface area contributed by atoms with Crippen LogP contribution in [0.2, 0.25) is 0 Å². The van der Waals surface area contributed by atoms with Crippen LogP contribution in [0.5, 0.6) is 0 Å². The predicted octanol–water partition coefficient (Wildman–Crippen LogP) is 2.33. The molecule has 60 valence electrons. The standard InChI is InChI=1S/C9H19N/c1-4-9(8(2)3)6-5-7-10/h6,8H,4-5,7,10H2,1-3H3/b9-6+. The molecule has 0 rings (SSSR count). The topological polar surface area (TPSA) is 26.0 Å². The molecule has 1 nitrogen and oxygen atoms in total. The monoisotopic (exact) mass is 141 g/mol. The number of hydrogen-bond donors (Lipinski definition) is 1. The normalized spacial score (nSPS) is 12.7. The minimum Gasteiger partial charge on any atom is -0.330 e. The van der Waals surface area contributed by atoms with E-state index in [2.05, 4.69) is 26.8 Å². The van der Waals surface area contributed by atoms with Crippen LogP contribution >= 0.6 is 0 Å². The van der Waals surface area contributed by atoms with E-state index < -0.39 is 0 Å². The van der Waals surface area contributed by atoms with Crippen molar-refractivity contribution in [1.82, 2.24) is 0 Å². The molecule has 0 saturated heterocycles. The third-order valence-electron chi connectivity index (χ3n) is 1.72. The van der Waals surface area contributed by atoms with E-state index in [1.54, 1.807) is 0 Å². The summed E-state index contributed by atoms with van der Waals surface area (Å²) in [6.45, 7) is 7.43. The molecule has 0 amide bonds. The number of allylic oxidation sites excluding steroid dienone is 1. The van der Waals surface area contributed by atoms with Gasteiger partial charge in [0.05, 0.1) is 0 Å². The first-order chi connectivity index (χ1) is 4.72. The van der Waals surface area contributed by atoms with Gasteiger partial charge in [-0.25, -0.2) is 0 Å². The maximum Gasteiger partial charge on any atom is -0.00425 e. The highest BCUT2D eigenvalue weighted by Gasteiger charge is 1.97. The maximum atomic E-state index is 5.39. The van der Waals surface area contributed by atoms with Crippen molar-refractivity contribution in [2.45, 2.75) is 33.6 Å². The molecule has 0 unspecified atom stereocenters. The van der Waals surface area contributed by atoms with Gasteiger partial charge in [-0.3, -0.25) is 0 Å². The molecule has 0 bridgehead atoms. The summed E-state index contributed by atoms with van der Waals surface area (Å²) in [5, 5.41) is 0. The molecular weight excluding hydrogens is 122 g/mol. The maximum absolute atomic E-state index is 5.39. The van der Waals surface area contributed by atoms with Gasteiger partial charge < -0.3 is 5.73 Å². The Morgan fingerprint density at radius 2 is 2.10 bits per heavy atom. The number of nitrogens with two attached hydrogens (primary N) is 1. The van der Waals surface area contributed by atoms with Crippen LogP contribution in [0, 0.1) is 5.92 Å². The van der Waals surface area contributed by atoms with Gasteiger partial charge in [-0.05, 0) is 25.3 Å². The van der Waals surface area contributed by atoms with Crippen molar-refractivity contribution in [2.75, 3.05) is 6.54 Å². The summed E-state index contributed by atoms with van der Waals surface area (Å²) in [4.78, 5) is 0. The van der Waals surface area contributed by atoms with Gasteiger partial charge in [0, 0.05) is 0 Å². The summed E-state index contributed by atoms with van der Waals surface area (Å²) in [5.74, 6) is 0.691. The minimum atomic E-state index is 0.691. The Hall–Kier alpha value is -0.300. The van der Waals surface area contributed by atoms with Crippen LogP contribution in [0.1, 0.15) is 33.6 Å². The van der Waals surface area contributed by atoms with Gasteiger partial charge in [0.25, 0.3) is 0 Å². The molecule has 0 aliphatic carbocycles. The van der Waals surface area contributed by atoms with Gasteiger partial charge >= 0.3 is 0 Å². The molecule has 0 saturated carbocycles. The van der Waals surface area contributed by atoms with Crippen LogP contribution in [0.25, 0.3) is 0 Å². The molecule has 0 spiro atoms. The molecule has 0 radical (unpaired) electrons. The lowest BCUT2D eigenvalue weighted by Crippen LogP contribution is -1.98. The predicted molar refractivity (Wildman–Crippen MR) is 46.9 cm³/mol. The number of hydrogen-bond acceptors (Lipinski definition) is 1. The molecule has 0 fully saturated rings. The van der Waals surface area contributed by atoms with Gasteiger partial charge in [-0.15, -0.1) is 0 Å². The summed E-state index contributed by atoms with van der Waals surface area (Å²) >= 11 is 0. The molecule has 0 aromatic heterocycles. The van der Waals surface area contributed by atoms with Gasteiger partial charge in [0.1, 0.15) is 0 Å². The first-order valence-corrected chi connectivity index (χ1v) is 4.11. The highest BCUT2D eigenvalue weighted by atomic mass is 14.5. The average molecular weight is 141 g/mol. The molecule has 0 aromatic rings. The Kier molecular flexibility index (Phi) is 5.32. The Morgan fingerprint density at radius 3 is 2.40 bits per heavy atom. The Balaban J connectivity index is 3.79. The van der Waals surface area contributed by atoms with Gasteiger partial charge in [-0.1, -0.05) is 32.4 Å². The van der Waals surface area contributed by atoms with E-state index >= 15 is 0 Å². The first-order valence-electron chi connectivity index (χ1n) is 4.11. The quantitative estimate of drug-likeness (QED) is 0.597. The third-order valence-corrected chi connectivity index (χ3v) is 1.72. The molecule has 0 atom stereocenters. The highest BCUT2D eigenvalue weighted by molar-refractivity contribution is 5.03. The van der Waals surface area contributed by atoms with Crippen molar-refractivity contribution in [2.24, 2.45) is 11.7 Å². The van der Waals surface area contributed by atoms with E-state index in [1.165, 1.54) is 5.57 Å². The van der Waals surface area contributed by atoms with E-state index in [0.29, 0.717) is 5.92 Å². The first kappa shape index (κ1) is 9.70. The van der Waals surface area contributed by atoms with Crippen molar-refractivity contribution in [3.63, 3.8) is 0 Å². The average Bonchev–Trinajstić information content (AvgIpc) is 1.89. The summed E-state index contributed by atoms with van der Waals surface area (Å²) in [5.41, 5.74) is 6.92. The molecule has 0 aromatic carbocycles. The van der Waals surface area contributed by atoms with Crippen molar-refractivity contribution in [3.05, 3.63) is 11.6 Å². The molecule has 0 aliphatic rings. The van der Waals surface area contributed by atoms with Crippen LogP contribution in [0.3, 0.4) is 0 Å². The van der Waals surface area contributed by atoms with E-state index in [-0.39, 0.29) is 0 Å². The second kappa shape index (κ2) is 5.48. The van der Waals surface area contributed by atoms with Crippen molar-refractivity contribution < 1.29 is 0 Å². The van der Waals surface area contributed by atoms with E-state index in [1.807, 2.05) is 0 Å². The summed E-state index contributed by atoms with van der Waals surface area (Å²) in [6.07, 6.45) is 4.46. The second-order valence-corrected chi connectivity index (χ2v) is 2.86. The molecule has 2 N–H and O–H groups in total. The van der Waals surface area contributed by atoms with Crippen molar-refractivity contribution >= 4 is 0 Å². The van der Waals surface area contributed by atoms with Crippen molar-refractivity contribution in [3.8, 4) is 0 Å². The SMILES string of the molecule is CC/C(=C\CCN)C(C)C. The lowest BCUT2D eigenvalue weighted by Gasteiger charge is -2.07. The Labute approximate surface area is 64.3 Å². The molecule has 0 aliphatic heterocycles. The molecule has 10 heavy (non-hydrogen) atoms. The zero-order chi connectivity index (χ0) is 7.98. The largest absolute Gasteiger partial charge is 0.330 e. The highest BCUT2D eigenvalue weighted by Crippen LogP contribution is 2.13.